The van der Waals surface area contributed by atoms with Crippen LogP contribution in [0.3, 0.4) is 0 Å². The molecule has 102 valence electrons. The third-order valence-electron chi connectivity index (χ3n) is 3.56. The molecule has 1 aromatic rings. The molecule has 0 unspecified atom stereocenters. The van der Waals surface area contributed by atoms with Crippen LogP contribution in [0.15, 0.2) is 39.8 Å². The number of hydrogen-bond donors (Lipinski definition) is 0. The molecule has 0 aliphatic carbocycles. The Morgan fingerprint density at radius 2 is 1.68 bits per heavy atom. The van der Waals surface area contributed by atoms with E-state index in [-0.39, 0.29) is 11.8 Å². The number of carbonyl (C=O) groups is 1. The van der Waals surface area contributed by atoms with Crippen molar-refractivity contribution in [1.82, 2.24) is 9.80 Å². The lowest BCUT2D eigenvalue weighted by atomic mass is 10.1. The lowest BCUT2D eigenvalue weighted by molar-refractivity contribution is -0.582. The molecule has 2 rings (SSSR count). The Bertz CT molecular complexity index is 526. The smallest absolute Gasteiger partial charge is 0.364 e. The van der Waals surface area contributed by atoms with Crippen molar-refractivity contribution in [2.75, 3.05) is 14.1 Å². The SMILES string of the molecule is CN1C(=O)C([I+]c2ccccc2)=C([O-])N(C)C1(C)C. The van der Waals surface area contributed by atoms with E-state index < -0.39 is 26.9 Å². The van der Waals surface area contributed by atoms with Gasteiger partial charge in [-0.3, -0.25) is 4.79 Å². The fraction of sp³-hybridized carbons (Fsp3) is 0.357. The summed E-state index contributed by atoms with van der Waals surface area (Å²) in [6.45, 7) is 3.75. The van der Waals surface area contributed by atoms with Crippen LogP contribution in [0.5, 0.6) is 0 Å². The molecular weight excluding hydrogens is 355 g/mol. The van der Waals surface area contributed by atoms with Gasteiger partial charge in [-0.25, -0.2) is 0 Å². The maximum Gasteiger partial charge on any atom is 0.364 e. The van der Waals surface area contributed by atoms with Crippen LogP contribution in [0, 0.1) is 3.57 Å². The predicted octanol–water partition coefficient (Wildman–Crippen LogP) is -2.39. The van der Waals surface area contributed by atoms with Crippen molar-refractivity contribution in [3.8, 4) is 0 Å². The van der Waals surface area contributed by atoms with Crippen LogP contribution in [-0.4, -0.2) is 35.5 Å². The van der Waals surface area contributed by atoms with Gasteiger partial charge in [0.2, 0.25) is 0 Å². The lowest BCUT2D eigenvalue weighted by Gasteiger charge is -2.49. The number of likely N-dealkylation sites (N-methyl/N-ethyl adjacent to an activating group) is 1. The van der Waals surface area contributed by atoms with Crippen LogP contribution in [0.1, 0.15) is 13.8 Å². The molecule has 0 radical (unpaired) electrons. The Balaban J connectivity index is 2.39. The molecule has 0 spiro atoms. The summed E-state index contributed by atoms with van der Waals surface area (Å²) in [5.74, 6) is -0.269. The molecule has 0 bridgehead atoms. The van der Waals surface area contributed by atoms with Crippen molar-refractivity contribution < 1.29 is 31.1 Å². The summed E-state index contributed by atoms with van der Waals surface area (Å²) in [7, 11) is 3.50. The fourth-order valence-corrected chi connectivity index (χ4v) is 4.36. The van der Waals surface area contributed by atoms with Crippen LogP contribution < -0.4 is 26.3 Å². The number of amides is 1. The van der Waals surface area contributed by atoms with E-state index in [2.05, 4.69) is 0 Å². The molecule has 1 aliphatic heterocycles. The Hall–Kier alpha value is -1.24. The highest BCUT2D eigenvalue weighted by molar-refractivity contribution is 5.92. The molecule has 1 aromatic carbocycles. The van der Waals surface area contributed by atoms with E-state index in [1.807, 2.05) is 44.2 Å². The lowest BCUT2D eigenvalue weighted by Crippen LogP contribution is -3.61. The molecule has 0 saturated heterocycles. The molecule has 1 heterocycles. The van der Waals surface area contributed by atoms with Crippen molar-refractivity contribution in [2.24, 2.45) is 0 Å². The maximum atomic E-state index is 12.4. The Kier molecular flexibility index (Phi) is 3.75. The van der Waals surface area contributed by atoms with Gasteiger partial charge in [0.15, 0.2) is 3.57 Å². The summed E-state index contributed by atoms with van der Waals surface area (Å²) in [6, 6.07) is 9.75. The zero-order chi connectivity index (χ0) is 14.2. The van der Waals surface area contributed by atoms with Gasteiger partial charge in [-0.05, 0) is 26.0 Å². The standard InChI is InChI=1S/C14H17IN2O2/c1-14(2)16(3)12(18)11(13(19)17(14)4)15-10-8-6-5-7-9-10/h5-9H,1-4H3. The van der Waals surface area contributed by atoms with Crippen LogP contribution >= 0.6 is 0 Å². The molecule has 19 heavy (non-hydrogen) atoms. The highest BCUT2D eigenvalue weighted by atomic mass is 127. The minimum Gasteiger partial charge on any atom is -0.857 e. The van der Waals surface area contributed by atoms with Gasteiger partial charge in [0, 0.05) is 20.0 Å². The van der Waals surface area contributed by atoms with E-state index in [4.69, 9.17) is 0 Å². The molecule has 0 aromatic heterocycles. The van der Waals surface area contributed by atoms with Gasteiger partial charge in [0.05, 0.1) is 0 Å². The van der Waals surface area contributed by atoms with Gasteiger partial charge < -0.3 is 14.9 Å². The number of rotatable bonds is 2. The van der Waals surface area contributed by atoms with Gasteiger partial charge in [0.25, 0.3) is 3.58 Å². The average molecular weight is 372 g/mol. The van der Waals surface area contributed by atoms with E-state index in [9.17, 15) is 9.90 Å². The summed E-state index contributed by atoms with van der Waals surface area (Å²) in [5, 5.41) is 12.4. The highest BCUT2D eigenvalue weighted by Gasteiger charge is 2.44. The van der Waals surface area contributed by atoms with E-state index >= 15 is 0 Å². The quantitative estimate of drug-likeness (QED) is 0.545. The van der Waals surface area contributed by atoms with Crippen LogP contribution in [0.25, 0.3) is 0 Å². The number of carbonyl (C=O) groups excluding carboxylic acids is 1. The summed E-state index contributed by atoms with van der Waals surface area (Å²) in [5.41, 5.74) is -0.571. The second-order valence-corrected chi connectivity index (χ2v) is 7.79. The first kappa shape index (κ1) is 14.2. The second-order valence-electron chi connectivity index (χ2n) is 4.93. The third kappa shape index (κ3) is 2.43. The predicted molar refractivity (Wildman–Crippen MR) is 66.8 cm³/mol. The van der Waals surface area contributed by atoms with Gasteiger partial charge in [-0.15, -0.1) is 0 Å². The minimum atomic E-state index is -0.737. The van der Waals surface area contributed by atoms with Crippen LogP contribution in [-0.2, 0) is 4.79 Å². The zero-order valence-electron chi connectivity index (χ0n) is 11.5. The molecule has 0 fully saturated rings. The van der Waals surface area contributed by atoms with Crippen molar-refractivity contribution in [3.05, 3.63) is 43.4 Å². The van der Waals surface area contributed by atoms with Gasteiger partial charge in [0.1, 0.15) is 5.66 Å². The Morgan fingerprint density at radius 1 is 1.11 bits per heavy atom. The van der Waals surface area contributed by atoms with Crippen molar-refractivity contribution >= 4 is 5.91 Å². The van der Waals surface area contributed by atoms with E-state index in [0.717, 1.165) is 3.57 Å². The topological polar surface area (TPSA) is 46.6 Å². The Morgan fingerprint density at radius 3 is 2.26 bits per heavy atom. The first-order valence-corrected chi connectivity index (χ1v) is 8.14. The van der Waals surface area contributed by atoms with Crippen molar-refractivity contribution in [3.63, 3.8) is 0 Å². The first-order valence-electron chi connectivity index (χ1n) is 5.99. The summed E-state index contributed by atoms with van der Waals surface area (Å²) in [4.78, 5) is 15.7. The number of hydrogen-bond acceptors (Lipinski definition) is 3. The molecule has 1 aliphatic rings. The first-order chi connectivity index (χ1) is 8.85. The average Bonchev–Trinajstić information content (AvgIpc) is 2.41. The van der Waals surface area contributed by atoms with Crippen LogP contribution in [0.2, 0.25) is 0 Å². The van der Waals surface area contributed by atoms with Gasteiger partial charge >= 0.3 is 27.1 Å². The zero-order valence-corrected chi connectivity index (χ0v) is 13.6. The number of nitrogens with zero attached hydrogens (tertiary/aromatic N) is 2. The molecule has 5 heteroatoms. The molecule has 0 N–H and O–H groups in total. The monoisotopic (exact) mass is 372 g/mol. The number of halogens is 1. The van der Waals surface area contributed by atoms with Crippen molar-refractivity contribution in [2.45, 2.75) is 19.5 Å². The van der Waals surface area contributed by atoms with Gasteiger partial charge in [-0.2, -0.15) is 0 Å². The maximum absolute atomic E-state index is 12.4. The largest absolute Gasteiger partial charge is 0.857 e. The third-order valence-corrected chi connectivity index (χ3v) is 6.37. The molecule has 4 nitrogen and oxygen atoms in total. The summed E-state index contributed by atoms with van der Waals surface area (Å²) < 4.78 is 1.52. The molecular formula is C14H17IN2O2. The molecule has 0 atom stereocenters. The van der Waals surface area contributed by atoms with Crippen LogP contribution in [0.4, 0.5) is 0 Å². The van der Waals surface area contributed by atoms with E-state index in [1.54, 1.807) is 23.9 Å². The Labute approximate surface area is 124 Å². The van der Waals surface area contributed by atoms with Crippen molar-refractivity contribution in [1.29, 1.82) is 0 Å². The highest BCUT2D eigenvalue weighted by Crippen LogP contribution is 2.24. The van der Waals surface area contributed by atoms with E-state index in [1.165, 1.54) is 0 Å². The molecule has 0 saturated carbocycles. The minimum absolute atomic E-state index is 0.134. The number of benzene rings is 1. The van der Waals surface area contributed by atoms with Gasteiger partial charge in [-0.1, -0.05) is 18.2 Å². The molecule has 1 amide bonds. The normalized spacial score (nSPS) is 19.1. The fourth-order valence-electron chi connectivity index (χ4n) is 1.78. The second kappa shape index (κ2) is 5.03. The summed E-state index contributed by atoms with van der Waals surface area (Å²) >= 11 is -0.737. The van der Waals surface area contributed by atoms with E-state index in [0.29, 0.717) is 3.58 Å². The summed E-state index contributed by atoms with van der Waals surface area (Å²) in [6.07, 6.45) is 0.